The maximum Gasteiger partial charge on any atom is 0.259 e. The Morgan fingerprint density at radius 1 is 1.14 bits per heavy atom. The standard InChI is InChI=1S/C21H20IN3O3/c1-13-10-18(20(23)25-19(13)12-27-2)21(26)24-15-6-8-16(9-7-15)28-17-5-3-4-14(22)11-17/h3-11H,12H2,1-2H3,(H2,23,25)(H,24,26). The second-order valence-corrected chi connectivity index (χ2v) is 7.40. The summed E-state index contributed by atoms with van der Waals surface area (Å²) in [6.07, 6.45) is 0. The Kier molecular flexibility index (Phi) is 6.48. The van der Waals surface area contributed by atoms with Crippen molar-refractivity contribution in [3.63, 3.8) is 0 Å². The van der Waals surface area contributed by atoms with E-state index in [9.17, 15) is 4.79 Å². The molecule has 0 atom stereocenters. The van der Waals surface area contributed by atoms with Crippen molar-refractivity contribution in [2.24, 2.45) is 0 Å². The number of nitrogens with zero attached hydrogens (tertiary/aromatic N) is 1. The van der Waals surface area contributed by atoms with Crippen molar-refractivity contribution in [2.75, 3.05) is 18.2 Å². The second-order valence-electron chi connectivity index (χ2n) is 6.16. The van der Waals surface area contributed by atoms with E-state index >= 15 is 0 Å². The maximum absolute atomic E-state index is 12.6. The average molecular weight is 489 g/mol. The molecule has 0 aliphatic heterocycles. The number of aromatic nitrogens is 1. The van der Waals surface area contributed by atoms with Crippen LogP contribution >= 0.6 is 22.6 Å². The van der Waals surface area contributed by atoms with Crippen molar-refractivity contribution in [1.82, 2.24) is 4.98 Å². The summed E-state index contributed by atoms with van der Waals surface area (Å²) in [7, 11) is 1.59. The summed E-state index contributed by atoms with van der Waals surface area (Å²) in [5.74, 6) is 1.30. The van der Waals surface area contributed by atoms with E-state index in [1.807, 2.05) is 31.2 Å². The highest BCUT2D eigenvalue weighted by Crippen LogP contribution is 2.25. The summed E-state index contributed by atoms with van der Waals surface area (Å²) < 4.78 is 12.0. The lowest BCUT2D eigenvalue weighted by atomic mass is 10.1. The molecule has 3 rings (SSSR count). The predicted octanol–water partition coefficient (Wildman–Crippen LogP) is 4.77. The fraction of sp³-hybridized carbons (Fsp3) is 0.143. The first-order valence-corrected chi connectivity index (χ1v) is 9.64. The largest absolute Gasteiger partial charge is 0.457 e. The lowest BCUT2D eigenvalue weighted by Crippen LogP contribution is -2.16. The van der Waals surface area contributed by atoms with Gasteiger partial charge in [-0.1, -0.05) is 6.07 Å². The van der Waals surface area contributed by atoms with E-state index in [2.05, 4.69) is 32.9 Å². The van der Waals surface area contributed by atoms with Crippen molar-refractivity contribution in [2.45, 2.75) is 13.5 Å². The van der Waals surface area contributed by atoms with Crippen LogP contribution in [-0.4, -0.2) is 18.0 Å². The summed E-state index contributed by atoms with van der Waals surface area (Å²) in [5, 5.41) is 2.83. The van der Waals surface area contributed by atoms with Gasteiger partial charge in [0.1, 0.15) is 17.3 Å². The van der Waals surface area contributed by atoms with Crippen molar-refractivity contribution in [3.05, 3.63) is 75.0 Å². The molecular weight excluding hydrogens is 469 g/mol. The van der Waals surface area contributed by atoms with Gasteiger partial charge < -0.3 is 20.5 Å². The van der Waals surface area contributed by atoms with Crippen LogP contribution in [0.5, 0.6) is 11.5 Å². The Morgan fingerprint density at radius 3 is 2.57 bits per heavy atom. The van der Waals surface area contributed by atoms with Crippen LogP contribution in [-0.2, 0) is 11.3 Å². The van der Waals surface area contributed by atoms with E-state index in [0.29, 0.717) is 29.3 Å². The SMILES string of the molecule is COCc1nc(N)c(C(=O)Nc2ccc(Oc3cccc(I)c3)cc2)cc1C. The lowest BCUT2D eigenvalue weighted by molar-refractivity contribution is 0.102. The van der Waals surface area contributed by atoms with E-state index in [-0.39, 0.29) is 11.7 Å². The van der Waals surface area contributed by atoms with Gasteiger partial charge in [0, 0.05) is 16.4 Å². The zero-order valence-electron chi connectivity index (χ0n) is 15.5. The molecule has 0 radical (unpaired) electrons. The molecule has 1 aromatic heterocycles. The number of hydrogen-bond donors (Lipinski definition) is 2. The highest BCUT2D eigenvalue weighted by atomic mass is 127. The number of amides is 1. The van der Waals surface area contributed by atoms with Crippen LogP contribution in [0.2, 0.25) is 0 Å². The number of methoxy groups -OCH3 is 1. The summed E-state index contributed by atoms with van der Waals surface area (Å²) in [4.78, 5) is 16.8. The number of anilines is 2. The Morgan fingerprint density at radius 2 is 1.89 bits per heavy atom. The van der Waals surface area contributed by atoms with Crippen molar-refractivity contribution < 1.29 is 14.3 Å². The van der Waals surface area contributed by atoms with Crippen LogP contribution in [0.15, 0.2) is 54.6 Å². The van der Waals surface area contributed by atoms with E-state index in [1.54, 1.807) is 37.4 Å². The van der Waals surface area contributed by atoms with Gasteiger partial charge >= 0.3 is 0 Å². The van der Waals surface area contributed by atoms with E-state index < -0.39 is 0 Å². The number of carbonyl (C=O) groups excluding carboxylic acids is 1. The number of nitrogens with two attached hydrogens (primary N) is 1. The van der Waals surface area contributed by atoms with Crippen LogP contribution in [0.25, 0.3) is 0 Å². The van der Waals surface area contributed by atoms with Crippen LogP contribution in [0.3, 0.4) is 0 Å². The molecule has 0 aliphatic carbocycles. The van der Waals surface area contributed by atoms with Gasteiger partial charge in [-0.3, -0.25) is 4.79 Å². The minimum Gasteiger partial charge on any atom is -0.457 e. The Labute approximate surface area is 177 Å². The number of carbonyl (C=O) groups is 1. The van der Waals surface area contributed by atoms with Crippen LogP contribution < -0.4 is 15.8 Å². The molecule has 1 amide bonds. The van der Waals surface area contributed by atoms with Gasteiger partial charge in [0.2, 0.25) is 0 Å². The molecule has 0 saturated carbocycles. The fourth-order valence-corrected chi connectivity index (χ4v) is 3.12. The molecule has 1 heterocycles. The first-order chi connectivity index (χ1) is 13.5. The number of ether oxygens (including phenoxy) is 2. The van der Waals surface area contributed by atoms with Crippen molar-refractivity contribution in [3.8, 4) is 11.5 Å². The molecule has 0 spiro atoms. The quantitative estimate of drug-likeness (QED) is 0.488. The summed E-state index contributed by atoms with van der Waals surface area (Å²) in [6.45, 7) is 2.22. The lowest BCUT2D eigenvalue weighted by Gasteiger charge is -2.11. The van der Waals surface area contributed by atoms with Crippen molar-refractivity contribution in [1.29, 1.82) is 0 Å². The number of hydrogen-bond acceptors (Lipinski definition) is 5. The molecule has 0 unspecified atom stereocenters. The fourth-order valence-electron chi connectivity index (χ4n) is 2.60. The topological polar surface area (TPSA) is 86.5 Å². The van der Waals surface area contributed by atoms with Crippen LogP contribution in [0, 0.1) is 10.5 Å². The molecule has 28 heavy (non-hydrogen) atoms. The van der Waals surface area contributed by atoms with Gasteiger partial charge in [0.05, 0.1) is 17.9 Å². The van der Waals surface area contributed by atoms with Crippen LogP contribution in [0.1, 0.15) is 21.6 Å². The molecule has 2 aromatic carbocycles. The van der Waals surface area contributed by atoms with Gasteiger partial charge in [0.25, 0.3) is 5.91 Å². The molecule has 6 nitrogen and oxygen atoms in total. The third-order valence-corrected chi connectivity index (χ3v) is 4.69. The molecule has 3 N–H and O–H groups in total. The van der Waals surface area contributed by atoms with E-state index in [4.69, 9.17) is 15.2 Å². The van der Waals surface area contributed by atoms with Crippen molar-refractivity contribution >= 4 is 40.0 Å². The van der Waals surface area contributed by atoms with E-state index in [0.717, 1.165) is 14.9 Å². The summed E-state index contributed by atoms with van der Waals surface area (Å²) in [6, 6.07) is 16.6. The van der Waals surface area contributed by atoms with E-state index in [1.165, 1.54) is 0 Å². The summed E-state index contributed by atoms with van der Waals surface area (Å²) >= 11 is 2.23. The maximum atomic E-state index is 12.6. The average Bonchev–Trinajstić information content (AvgIpc) is 2.66. The monoisotopic (exact) mass is 489 g/mol. The normalized spacial score (nSPS) is 10.5. The number of benzene rings is 2. The Bertz CT molecular complexity index is 991. The number of aryl methyl sites for hydroxylation is 1. The second kappa shape index (κ2) is 9.03. The number of rotatable bonds is 6. The van der Waals surface area contributed by atoms with Crippen LogP contribution in [0.4, 0.5) is 11.5 Å². The molecule has 3 aromatic rings. The third-order valence-electron chi connectivity index (χ3n) is 4.02. The Hall–Kier alpha value is -2.65. The van der Waals surface area contributed by atoms with Gasteiger partial charge in [0.15, 0.2) is 0 Å². The van der Waals surface area contributed by atoms with Gasteiger partial charge in [-0.15, -0.1) is 0 Å². The first-order valence-electron chi connectivity index (χ1n) is 8.56. The smallest absolute Gasteiger partial charge is 0.259 e. The molecule has 0 bridgehead atoms. The minimum atomic E-state index is -0.316. The molecule has 7 heteroatoms. The zero-order chi connectivity index (χ0) is 20.1. The van der Waals surface area contributed by atoms with Gasteiger partial charge in [-0.25, -0.2) is 4.98 Å². The number of nitrogen functional groups attached to an aromatic ring is 1. The number of halogens is 1. The molecule has 0 fully saturated rings. The number of pyridine rings is 1. The highest BCUT2D eigenvalue weighted by Gasteiger charge is 2.14. The molecular formula is C21H20IN3O3. The molecule has 0 aliphatic rings. The zero-order valence-corrected chi connectivity index (χ0v) is 17.7. The summed E-state index contributed by atoms with van der Waals surface area (Å²) in [5.41, 5.74) is 8.48. The third kappa shape index (κ3) is 4.99. The Balaban J connectivity index is 1.70. The number of nitrogens with one attached hydrogen (secondary N) is 1. The first kappa shape index (κ1) is 20.1. The minimum absolute atomic E-state index is 0.175. The van der Waals surface area contributed by atoms with Gasteiger partial charge in [-0.2, -0.15) is 0 Å². The molecule has 144 valence electrons. The van der Waals surface area contributed by atoms with Gasteiger partial charge in [-0.05, 0) is 83.6 Å². The predicted molar refractivity (Wildman–Crippen MR) is 118 cm³/mol. The molecule has 0 saturated heterocycles. The highest BCUT2D eigenvalue weighted by molar-refractivity contribution is 14.1.